The van der Waals surface area contributed by atoms with E-state index in [2.05, 4.69) is 60.3 Å². The van der Waals surface area contributed by atoms with Gasteiger partial charge in [-0.25, -0.2) is 0 Å². The topological polar surface area (TPSA) is 77.3 Å². The van der Waals surface area contributed by atoms with E-state index in [1.807, 2.05) is 0 Å². The Labute approximate surface area is 182 Å². The molecule has 6 nitrogen and oxygen atoms in total. The maximum atomic E-state index is 4.65. The van der Waals surface area contributed by atoms with E-state index < -0.39 is 0 Å². The van der Waals surface area contributed by atoms with Gasteiger partial charge in [-0.2, -0.15) is 0 Å². The predicted molar refractivity (Wildman–Crippen MR) is 111 cm³/mol. The fourth-order valence-corrected chi connectivity index (χ4v) is 8.30. The van der Waals surface area contributed by atoms with Gasteiger partial charge in [0.2, 0.25) is 0 Å². The van der Waals surface area contributed by atoms with Gasteiger partial charge in [-0.3, -0.25) is 0 Å². The first-order valence-corrected chi connectivity index (χ1v) is 13.7. The van der Waals surface area contributed by atoms with Crippen molar-refractivity contribution in [2.24, 2.45) is 0 Å². The summed E-state index contributed by atoms with van der Waals surface area (Å²) < 4.78 is 27.9. The van der Waals surface area contributed by atoms with Crippen molar-refractivity contribution >= 4 is 78.0 Å². The van der Waals surface area contributed by atoms with Crippen molar-refractivity contribution in [3.63, 3.8) is 0 Å². The molecule has 6 aromatic rings. The summed E-state index contributed by atoms with van der Waals surface area (Å²) in [5, 5.41) is 0. The van der Waals surface area contributed by atoms with Crippen LogP contribution in [0.1, 0.15) is 45.2 Å². The SMILES string of the molecule is c1c2c(cc3n[se]nc13)C1c3cc4n[se]nc4cc3C2c2cc3n[se]nc3cc21. The molecule has 0 radical (unpaired) electrons. The van der Waals surface area contributed by atoms with Crippen LogP contribution in [0.4, 0.5) is 0 Å². The van der Waals surface area contributed by atoms with E-state index in [-0.39, 0.29) is 56.7 Å². The van der Waals surface area contributed by atoms with Crippen LogP contribution in [0.3, 0.4) is 0 Å². The fourth-order valence-electron chi connectivity index (χ4n) is 5.10. The van der Waals surface area contributed by atoms with E-state index in [0.29, 0.717) is 0 Å². The molecule has 0 spiro atoms. The minimum atomic E-state index is -0.0208. The molecule has 0 saturated carbocycles. The summed E-state index contributed by atoms with van der Waals surface area (Å²) in [5.74, 6) is 0.381. The Morgan fingerprint density at radius 3 is 0.793 bits per heavy atom. The molecule has 3 aromatic heterocycles. The Morgan fingerprint density at radius 1 is 0.379 bits per heavy atom. The maximum absolute atomic E-state index is 4.65. The van der Waals surface area contributed by atoms with Gasteiger partial charge < -0.3 is 0 Å². The summed E-state index contributed by atoms with van der Waals surface area (Å²) in [7, 11) is 0. The molecule has 0 fully saturated rings. The van der Waals surface area contributed by atoms with E-state index >= 15 is 0 Å². The normalized spacial score (nSPS) is 19.0. The zero-order valence-corrected chi connectivity index (χ0v) is 19.7. The fraction of sp³-hybridized carbons (Fsp3) is 0.100. The second-order valence-electron chi connectivity index (χ2n) is 7.57. The van der Waals surface area contributed by atoms with Gasteiger partial charge in [-0.15, -0.1) is 0 Å². The van der Waals surface area contributed by atoms with Crippen molar-refractivity contribution in [3.05, 3.63) is 69.8 Å². The van der Waals surface area contributed by atoms with Gasteiger partial charge in [-0.1, -0.05) is 0 Å². The van der Waals surface area contributed by atoms with E-state index in [9.17, 15) is 0 Å². The first-order valence-electron chi connectivity index (χ1n) is 9.13. The molecule has 0 atom stereocenters. The molecule has 29 heavy (non-hydrogen) atoms. The molecule has 2 bridgehead atoms. The van der Waals surface area contributed by atoms with Gasteiger partial charge in [0, 0.05) is 0 Å². The molecule has 0 N–H and O–H groups in total. The number of hydrogen-bond acceptors (Lipinski definition) is 6. The third-order valence-electron chi connectivity index (χ3n) is 6.24. The molecule has 9 heteroatoms. The molecule has 3 heterocycles. The van der Waals surface area contributed by atoms with E-state index in [1.165, 1.54) is 33.4 Å². The zero-order valence-electron chi connectivity index (χ0n) is 14.5. The first-order chi connectivity index (χ1) is 14.3. The van der Waals surface area contributed by atoms with Gasteiger partial charge in [-0.05, 0) is 0 Å². The van der Waals surface area contributed by atoms with Crippen LogP contribution in [0.25, 0.3) is 33.1 Å². The van der Waals surface area contributed by atoms with Crippen LogP contribution in [0, 0.1) is 0 Å². The first kappa shape index (κ1) is 15.8. The van der Waals surface area contributed by atoms with E-state index in [4.69, 9.17) is 0 Å². The predicted octanol–water partition coefficient (Wildman–Crippen LogP) is 1.67. The molecule has 0 aliphatic heterocycles. The molecular weight excluding hydrogens is 561 g/mol. The summed E-state index contributed by atoms with van der Waals surface area (Å²) in [6.45, 7) is 0. The summed E-state index contributed by atoms with van der Waals surface area (Å²) in [5.41, 5.74) is 14.5. The van der Waals surface area contributed by atoms with Crippen LogP contribution in [-0.2, 0) is 0 Å². The number of hydrogen-bond donors (Lipinski definition) is 0. The van der Waals surface area contributed by atoms with Crippen molar-refractivity contribution < 1.29 is 0 Å². The van der Waals surface area contributed by atoms with Gasteiger partial charge in [0.05, 0.1) is 0 Å². The average Bonchev–Trinajstić information content (AvgIpc) is 3.47. The second kappa shape index (κ2) is 5.38. The number of fused-ring (bicyclic) bond motifs is 3. The Morgan fingerprint density at radius 2 is 0.586 bits per heavy atom. The zero-order chi connectivity index (χ0) is 18.7. The van der Waals surface area contributed by atoms with Crippen LogP contribution in [-0.4, -0.2) is 68.8 Å². The number of benzene rings is 3. The summed E-state index contributed by atoms with van der Waals surface area (Å²) in [4.78, 5) is 0. The standard InChI is InChI=1S/C20H8N6Se3/c1-7-8(2-14-13(1)21-27-22-14)20-11-5-17-15(23-28-25-17)3-9(11)19(7)10-4-16-18(6-12(10)20)26-29-24-16/h1-6,19-20H. The molecule has 9 rings (SSSR count). The van der Waals surface area contributed by atoms with Gasteiger partial charge in [0.15, 0.2) is 0 Å². The molecule has 3 aliphatic rings. The number of rotatable bonds is 0. The van der Waals surface area contributed by atoms with Crippen LogP contribution in [0.15, 0.2) is 36.4 Å². The quantitative estimate of drug-likeness (QED) is 0.259. The number of nitrogens with zero attached hydrogens (tertiary/aromatic N) is 6. The average molecular weight is 569 g/mol. The van der Waals surface area contributed by atoms with Crippen molar-refractivity contribution in [1.29, 1.82) is 0 Å². The van der Waals surface area contributed by atoms with Crippen LogP contribution in [0.5, 0.6) is 0 Å². The monoisotopic (exact) mass is 572 g/mol. The molecule has 0 saturated heterocycles. The van der Waals surface area contributed by atoms with Crippen molar-refractivity contribution in [2.45, 2.75) is 11.8 Å². The van der Waals surface area contributed by atoms with Crippen molar-refractivity contribution in [3.8, 4) is 0 Å². The van der Waals surface area contributed by atoms with Crippen molar-refractivity contribution in [1.82, 2.24) is 23.9 Å². The molecule has 3 aromatic carbocycles. The van der Waals surface area contributed by atoms with Crippen molar-refractivity contribution in [2.75, 3.05) is 0 Å². The van der Waals surface area contributed by atoms with Crippen LogP contribution >= 0.6 is 0 Å². The van der Waals surface area contributed by atoms with Crippen LogP contribution < -0.4 is 0 Å². The minimum absolute atomic E-state index is 0.0208. The molecule has 136 valence electrons. The summed E-state index contributed by atoms with van der Waals surface area (Å²) >= 11 is -0.0623. The van der Waals surface area contributed by atoms with E-state index in [1.54, 1.807) is 0 Å². The molecule has 3 aliphatic carbocycles. The summed E-state index contributed by atoms with van der Waals surface area (Å²) in [6, 6.07) is 13.7. The third-order valence-corrected chi connectivity index (χ3v) is 9.75. The molecule has 0 amide bonds. The Hall–Kier alpha value is -1.98. The van der Waals surface area contributed by atoms with Gasteiger partial charge in [0.25, 0.3) is 0 Å². The Kier molecular flexibility index (Phi) is 2.93. The second-order valence-corrected chi connectivity index (χ2v) is 10.9. The van der Waals surface area contributed by atoms with Gasteiger partial charge in [0.1, 0.15) is 0 Å². The van der Waals surface area contributed by atoms with Crippen LogP contribution in [0.2, 0.25) is 0 Å². The van der Waals surface area contributed by atoms with Gasteiger partial charge >= 0.3 is 183 Å². The Balaban J connectivity index is 1.55. The van der Waals surface area contributed by atoms with E-state index in [0.717, 1.165) is 33.1 Å². The third kappa shape index (κ3) is 1.94. The molecular formula is C20H8N6Se3. The summed E-state index contributed by atoms with van der Waals surface area (Å²) in [6.07, 6.45) is 0. The Bertz CT molecular complexity index is 1340. The number of aromatic nitrogens is 6. The molecule has 0 unspecified atom stereocenters.